The van der Waals surface area contributed by atoms with E-state index >= 15 is 0 Å². The van der Waals surface area contributed by atoms with Gasteiger partial charge in [-0.05, 0) is 48.0 Å². The van der Waals surface area contributed by atoms with Crippen molar-refractivity contribution >= 4 is 5.57 Å². The fraction of sp³-hybridized carbons (Fsp3) is 0.333. The molecule has 2 rings (SSSR count). The molecule has 0 radical (unpaired) electrons. The van der Waals surface area contributed by atoms with Crippen molar-refractivity contribution in [1.29, 1.82) is 0 Å². The minimum absolute atomic E-state index is 0.164. The molecule has 0 saturated carbocycles. The fourth-order valence-electron chi connectivity index (χ4n) is 2.94. The first-order chi connectivity index (χ1) is 8.49. The maximum atomic E-state index is 4.01. The molecule has 0 nitrogen and oxygen atoms in total. The van der Waals surface area contributed by atoms with E-state index in [9.17, 15) is 0 Å². The van der Waals surface area contributed by atoms with Gasteiger partial charge in [0.25, 0.3) is 0 Å². The maximum absolute atomic E-state index is 4.01. The third-order valence-electron chi connectivity index (χ3n) is 3.74. The van der Waals surface area contributed by atoms with Crippen LogP contribution in [-0.4, -0.2) is 0 Å². The summed E-state index contributed by atoms with van der Waals surface area (Å²) in [6.45, 7) is 12.9. The highest BCUT2D eigenvalue weighted by Crippen LogP contribution is 2.43. The SMILES string of the molecule is C=CC1=C(/C=C\C)c2ccc(C)cc2CC1(C)C. The van der Waals surface area contributed by atoms with Gasteiger partial charge < -0.3 is 0 Å². The Morgan fingerprint density at radius 2 is 2.00 bits per heavy atom. The van der Waals surface area contributed by atoms with Gasteiger partial charge in [-0.3, -0.25) is 0 Å². The molecule has 0 saturated heterocycles. The van der Waals surface area contributed by atoms with Gasteiger partial charge in [0, 0.05) is 0 Å². The van der Waals surface area contributed by atoms with E-state index in [-0.39, 0.29) is 5.41 Å². The quantitative estimate of drug-likeness (QED) is 0.673. The van der Waals surface area contributed by atoms with Gasteiger partial charge in [0.15, 0.2) is 0 Å². The monoisotopic (exact) mass is 238 g/mol. The molecule has 0 N–H and O–H groups in total. The number of benzene rings is 1. The Bertz CT molecular complexity index is 539. The molecular weight excluding hydrogens is 216 g/mol. The number of fused-ring (bicyclic) bond motifs is 1. The molecule has 0 aliphatic heterocycles. The Morgan fingerprint density at radius 1 is 1.28 bits per heavy atom. The lowest BCUT2D eigenvalue weighted by molar-refractivity contribution is 0.450. The molecule has 1 aromatic rings. The summed E-state index contributed by atoms with van der Waals surface area (Å²) in [4.78, 5) is 0. The van der Waals surface area contributed by atoms with Crippen molar-refractivity contribution in [3.8, 4) is 0 Å². The Morgan fingerprint density at radius 3 is 2.61 bits per heavy atom. The molecule has 0 aromatic heterocycles. The molecule has 0 unspecified atom stereocenters. The second-order valence-electron chi connectivity index (χ2n) is 5.75. The van der Waals surface area contributed by atoms with Crippen LogP contribution in [0.3, 0.4) is 0 Å². The lowest BCUT2D eigenvalue weighted by Gasteiger charge is -2.34. The summed E-state index contributed by atoms with van der Waals surface area (Å²) in [5, 5.41) is 0. The smallest absolute Gasteiger partial charge is 0.00571 e. The Labute approximate surface area is 111 Å². The molecule has 0 heteroatoms. The zero-order valence-corrected chi connectivity index (χ0v) is 11.9. The van der Waals surface area contributed by atoms with E-state index in [0.29, 0.717) is 0 Å². The molecule has 1 aromatic carbocycles. The summed E-state index contributed by atoms with van der Waals surface area (Å²) >= 11 is 0. The third kappa shape index (κ3) is 2.08. The van der Waals surface area contributed by atoms with E-state index in [1.807, 2.05) is 6.08 Å². The number of hydrogen-bond donors (Lipinski definition) is 0. The second-order valence-corrected chi connectivity index (χ2v) is 5.75. The van der Waals surface area contributed by atoms with Crippen molar-refractivity contribution in [2.75, 3.05) is 0 Å². The topological polar surface area (TPSA) is 0 Å². The number of rotatable bonds is 2. The van der Waals surface area contributed by atoms with E-state index < -0.39 is 0 Å². The lowest BCUT2D eigenvalue weighted by atomic mass is 9.69. The summed E-state index contributed by atoms with van der Waals surface area (Å²) < 4.78 is 0. The molecule has 0 bridgehead atoms. The first-order valence-electron chi connectivity index (χ1n) is 6.59. The molecule has 1 aliphatic rings. The van der Waals surface area contributed by atoms with Gasteiger partial charge in [-0.25, -0.2) is 0 Å². The van der Waals surface area contributed by atoms with Crippen LogP contribution in [0.4, 0.5) is 0 Å². The number of aryl methyl sites for hydroxylation is 1. The standard InChI is InChI=1S/C18H22/c1-6-8-16-15-10-9-13(3)11-14(15)12-18(4,5)17(16)7-2/h6-11H,2,12H2,1,3-5H3/b8-6-. The number of allylic oxidation sites excluding steroid dienone is 5. The van der Waals surface area contributed by atoms with Crippen molar-refractivity contribution < 1.29 is 0 Å². The second kappa shape index (κ2) is 4.61. The van der Waals surface area contributed by atoms with Gasteiger partial charge in [0.1, 0.15) is 0 Å². The predicted octanol–water partition coefficient (Wildman–Crippen LogP) is 5.09. The van der Waals surface area contributed by atoms with Gasteiger partial charge in [-0.1, -0.05) is 62.4 Å². The van der Waals surface area contributed by atoms with Crippen LogP contribution in [0.1, 0.15) is 37.5 Å². The van der Waals surface area contributed by atoms with E-state index in [0.717, 1.165) is 6.42 Å². The van der Waals surface area contributed by atoms with Crippen LogP contribution >= 0.6 is 0 Å². The van der Waals surface area contributed by atoms with Crippen LogP contribution in [0, 0.1) is 12.3 Å². The minimum atomic E-state index is 0.164. The van der Waals surface area contributed by atoms with Crippen molar-refractivity contribution in [3.63, 3.8) is 0 Å². The zero-order valence-electron chi connectivity index (χ0n) is 11.9. The molecular formula is C18H22. The van der Waals surface area contributed by atoms with Crippen molar-refractivity contribution in [1.82, 2.24) is 0 Å². The molecule has 1 aliphatic carbocycles. The van der Waals surface area contributed by atoms with Crippen LogP contribution in [-0.2, 0) is 6.42 Å². The molecule has 0 atom stereocenters. The molecule has 94 valence electrons. The Kier molecular flexibility index (Phi) is 3.30. The highest BCUT2D eigenvalue weighted by molar-refractivity contribution is 5.83. The fourth-order valence-corrected chi connectivity index (χ4v) is 2.94. The van der Waals surface area contributed by atoms with Crippen molar-refractivity contribution in [2.24, 2.45) is 5.41 Å². The van der Waals surface area contributed by atoms with E-state index in [4.69, 9.17) is 0 Å². The molecule has 18 heavy (non-hydrogen) atoms. The van der Waals surface area contributed by atoms with Crippen molar-refractivity contribution in [3.05, 3.63) is 65.3 Å². The highest BCUT2D eigenvalue weighted by Gasteiger charge is 2.30. The minimum Gasteiger partial charge on any atom is -0.0987 e. The summed E-state index contributed by atoms with van der Waals surface area (Å²) in [5.74, 6) is 0. The Hall–Kier alpha value is -1.56. The summed E-state index contributed by atoms with van der Waals surface area (Å²) in [6.07, 6.45) is 7.44. The summed E-state index contributed by atoms with van der Waals surface area (Å²) in [7, 11) is 0. The molecule has 0 fully saturated rings. The number of hydrogen-bond acceptors (Lipinski definition) is 0. The van der Waals surface area contributed by atoms with Crippen LogP contribution in [0.2, 0.25) is 0 Å². The van der Waals surface area contributed by atoms with E-state index in [1.54, 1.807) is 0 Å². The van der Waals surface area contributed by atoms with Gasteiger partial charge in [0.2, 0.25) is 0 Å². The Balaban J connectivity index is 2.74. The normalized spacial score (nSPS) is 18.0. The van der Waals surface area contributed by atoms with Gasteiger partial charge >= 0.3 is 0 Å². The maximum Gasteiger partial charge on any atom is -0.00571 e. The zero-order chi connectivity index (χ0) is 13.3. The largest absolute Gasteiger partial charge is 0.0987 e. The molecule has 0 spiro atoms. The third-order valence-corrected chi connectivity index (χ3v) is 3.74. The van der Waals surface area contributed by atoms with Crippen LogP contribution < -0.4 is 0 Å². The average Bonchev–Trinajstić information content (AvgIpc) is 2.27. The lowest BCUT2D eigenvalue weighted by Crippen LogP contribution is -2.23. The summed E-state index contributed by atoms with van der Waals surface area (Å²) in [5.41, 5.74) is 7.02. The van der Waals surface area contributed by atoms with Gasteiger partial charge in [0.05, 0.1) is 0 Å². The summed E-state index contributed by atoms with van der Waals surface area (Å²) in [6, 6.07) is 6.76. The van der Waals surface area contributed by atoms with Gasteiger partial charge in [-0.15, -0.1) is 0 Å². The highest BCUT2D eigenvalue weighted by atomic mass is 14.3. The average molecular weight is 238 g/mol. The van der Waals surface area contributed by atoms with Crippen LogP contribution in [0.5, 0.6) is 0 Å². The van der Waals surface area contributed by atoms with Crippen LogP contribution in [0.15, 0.2) is 48.6 Å². The molecule has 0 amide bonds. The van der Waals surface area contributed by atoms with Crippen LogP contribution in [0.25, 0.3) is 5.57 Å². The molecule has 0 heterocycles. The van der Waals surface area contributed by atoms with E-state index in [1.165, 1.54) is 27.8 Å². The van der Waals surface area contributed by atoms with Gasteiger partial charge in [-0.2, -0.15) is 0 Å². The van der Waals surface area contributed by atoms with E-state index in [2.05, 4.69) is 64.6 Å². The van der Waals surface area contributed by atoms with Crippen molar-refractivity contribution in [2.45, 2.75) is 34.1 Å². The first kappa shape index (κ1) is 12.9. The predicted molar refractivity (Wildman–Crippen MR) is 80.6 cm³/mol. The first-order valence-corrected chi connectivity index (χ1v) is 6.59.